The molecule has 0 fully saturated rings. The molecule has 0 aliphatic rings. The lowest BCUT2D eigenvalue weighted by atomic mass is 10.1. The fraction of sp³-hybridized carbons (Fsp3) is 0.545. The SMILES string of the molecule is CCCC(Cl)Cc1cccc(OC)n1. The number of aromatic nitrogens is 1. The second-order valence-corrected chi connectivity index (χ2v) is 3.88. The first-order valence-electron chi connectivity index (χ1n) is 4.90. The smallest absolute Gasteiger partial charge is 0.213 e. The van der Waals surface area contributed by atoms with E-state index in [2.05, 4.69) is 11.9 Å². The molecule has 0 spiro atoms. The molecule has 2 nitrogen and oxygen atoms in total. The van der Waals surface area contributed by atoms with Gasteiger partial charge in [-0.25, -0.2) is 4.98 Å². The molecule has 0 aromatic carbocycles. The average Bonchev–Trinajstić information content (AvgIpc) is 2.18. The minimum atomic E-state index is 0.180. The number of hydrogen-bond donors (Lipinski definition) is 0. The van der Waals surface area contributed by atoms with E-state index < -0.39 is 0 Å². The molecule has 1 unspecified atom stereocenters. The summed E-state index contributed by atoms with van der Waals surface area (Å²) >= 11 is 6.13. The summed E-state index contributed by atoms with van der Waals surface area (Å²) in [6, 6.07) is 5.76. The van der Waals surface area contributed by atoms with Gasteiger partial charge in [0.25, 0.3) is 0 Å². The normalized spacial score (nSPS) is 12.5. The highest BCUT2D eigenvalue weighted by Crippen LogP contribution is 2.14. The largest absolute Gasteiger partial charge is 0.481 e. The Bertz CT molecular complexity index is 278. The Morgan fingerprint density at radius 3 is 2.93 bits per heavy atom. The Balaban J connectivity index is 2.57. The van der Waals surface area contributed by atoms with Gasteiger partial charge in [0.2, 0.25) is 5.88 Å². The predicted octanol–water partition coefficient (Wildman–Crippen LogP) is 3.04. The summed E-state index contributed by atoms with van der Waals surface area (Å²) in [6.45, 7) is 2.13. The first kappa shape index (κ1) is 11.3. The monoisotopic (exact) mass is 213 g/mol. The van der Waals surface area contributed by atoms with Crippen molar-refractivity contribution in [1.29, 1.82) is 0 Å². The number of rotatable bonds is 5. The zero-order chi connectivity index (χ0) is 10.4. The lowest BCUT2D eigenvalue weighted by Crippen LogP contribution is -2.04. The quantitative estimate of drug-likeness (QED) is 0.702. The van der Waals surface area contributed by atoms with Crippen molar-refractivity contribution in [3.05, 3.63) is 23.9 Å². The van der Waals surface area contributed by atoms with Gasteiger partial charge in [0.1, 0.15) is 0 Å². The molecule has 1 aromatic rings. The van der Waals surface area contributed by atoms with E-state index in [-0.39, 0.29) is 5.38 Å². The molecule has 0 aliphatic carbocycles. The van der Waals surface area contributed by atoms with E-state index in [1.165, 1.54) is 0 Å². The van der Waals surface area contributed by atoms with Crippen LogP contribution in [-0.2, 0) is 6.42 Å². The zero-order valence-electron chi connectivity index (χ0n) is 8.66. The van der Waals surface area contributed by atoms with Crippen molar-refractivity contribution in [2.45, 2.75) is 31.6 Å². The third kappa shape index (κ3) is 3.54. The van der Waals surface area contributed by atoms with Crippen molar-refractivity contribution >= 4 is 11.6 Å². The van der Waals surface area contributed by atoms with Gasteiger partial charge in [-0.1, -0.05) is 19.4 Å². The van der Waals surface area contributed by atoms with Crippen LogP contribution in [0.15, 0.2) is 18.2 Å². The molecule has 0 radical (unpaired) electrons. The second-order valence-electron chi connectivity index (χ2n) is 3.26. The Morgan fingerprint density at radius 1 is 1.50 bits per heavy atom. The number of methoxy groups -OCH3 is 1. The van der Waals surface area contributed by atoms with Crippen LogP contribution < -0.4 is 4.74 Å². The zero-order valence-corrected chi connectivity index (χ0v) is 9.42. The van der Waals surface area contributed by atoms with Crippen molar-refractivity contribution < 1.29 is 4.74 Å². The Hall–Kier alpha value is -0.760. The van der Waals surface area contributed by atoms with Gasteiger partial charge in [-0.15, -0.1) is 11.6 Å². The molecule has 14 heavy (non-hydrogen) atoms. The number of hydrogen-bond acceptors (Lipinski definition) is 2. The average molecular weight is 214 g/mol. The molecule has 1 rings (SSSR count). The highest BCUT2D eigenvalue weighted by atomic mass is 35.5. The lowest BCUT2D eigenvalue weighted by Gasteiger charge is -2.07. The molecule has 3 heteroatoms. The second kappa shape index (κ2) is 5.86. The van der Waals surface area contributed by atoms with Crippen molar-refractivity contribution in [3.63, 3.8) is 0 Å². The number of alkyl halides is 1. The molecule has 1 aromatic heterocycles. The molecular weight excluding hydrogens is 198 g/mol. The molecule has 0 bridgehead atoms. The highest BCUT2D eigenvalue weighted by Gasteiger charge is 2.06. The number of nitrogens with zero attached hydrogens (tertiary/aromatic N) is 1. The summed E-state index contributed by atoms with van der Waals surface area (Å²) in [5, 5.41) is 0.180. The van der Waals surface area contributed by atoms with E-state index in [4.69, 9.17) is 16.3 Å². The number of ether oxygens (including phenoxy) is 1. The summed E-state index contributed by atoms with van der Waals surface area (Å²) in [7, 11) is 1.62. The first-order valence-corrected chi connectivity index (χ1v) is 5.34. The molecule has 0 aliphatic heterocycles. The van der Waals surface area contributed by atoms with Crippen LogP contribution >= 0.6 is 11.6 Å². The van der Waals surface area contributed by atoms with E-state index in [9.17, 15) is 0 Å². The van der Waals surface area contributed by atoms with Crippen LogP contribution in [0.2, 0.25) is 0 Å². The Morgan fingerprint density at radius 2 is 2.29 bits per heavy atom. The summed E-state index contributed by atoms with van der Waals surface area (Å²) < 4.78 is 5.04. The van der Waals surface area contributed by atoms with Gasteiger partial charge in [-0.3, -0.25) is 0 Å². The summed E-state index contributed by atoms with van der Waals surface area (Å²) in [5.41, 5.74) is 0.998. The van der Waals surface area contributed by atoms with Crippen LogP contribution in [0.5, 0.6) is 5.88 Å². The van der Waals surface area contributed by atoms with Crippen LogP contribution in [0, 0.1) is 0 Å². The van der Waals surface area contributed by atoms with Crippen LogP contribution in [0.1, 0.15) is 25.5 Å². The fourth-order valence-corrected chi connectivity index (χ4v) is 1.70. The number of pyridine rings is 1. The third-order valence-corrected chi connectivity index (χ3v) is 2.40. The molecule has 0 amide bonds. The molecule has 0 N–H and O–H groups in total. The standard InChI is InChI=1S/C11H16ClNO/c1-3-5-9(12)8-10-6-4-7-11(13-10)14-2/h4,6-7,9H,3,5,8H2,1-2H3. The first-order chi connectivity index (χ1) is 6.76. The van der Waals surface area contributed by atoms with Gasteiger partial charge in [0, 0.05) is 23.6 Å². The van der Waals surface area contributed by atoms with Crippen LogP contribution in [0.3, 0.4) is 0 Å². The van der Waals surface area contributed by atoms with Crippen molar-refractivity contribution in [2.24, 2.45) is 0 Å². The van der Waals surface area contributed by atoms with E-state index in [1.807, 2.05) is 18.2 Å². The van der Waals surface area contributed by atoms with Gasteiger partial charge in [-0.2, -0.15) is 0 Å². The Kier molecular flexibility index (Phi) is 4.74. The van der Waals surface area contributed by atoms with E-state index >= 15 is 0 Å². The van der Waals surface area contributed by atoms with E-state index in [1.54, 1.807) is 7.11 Å². The fourth-order valence-electron chi connectivity index (χ4n) is 1.33. The molecule has 78 valence electrons. The van der Waals surface area contributed by atoms with Gasteiger partial charge in [0.05, 0.1) is 7.11 Å². The van der Waals surface area contributed by atoms with Gasteiger partial charge < -0.3 is 4.74 Å². The van der Waals surface area contributed by atoms with E-state index in [0.717, 1.165) is 25.0 Å². The molecule has 0 saturated heterocycles. The minimum Gasteiger partial charge on any atom is -0.481 e. The van der Waals surface area contributed by atoms with Crippen LogP contribution in [0.25, 0.3) is 0 Å². The summed E-state index contributed by atoms with van der Waals surface area (Å²) in [4.78, 5) is 4.31. The van der Waals surface area contributed by atoms with Crippen molar-refractivity contribution in [1.82, 2.24) is 4.98 Å². The maximum atomic E-state index is 6.13. The predicted molar refractivity (Wildman–Crippen MR) is 59.0 cm³/mol. The van der Waals surface area contributed by atoms with Crippen molar-refractivity contribution in [2.75, 3.05) is 7.11 Å². The maximum absolute atomic E-state index is 6.13. The molecule has 1 heterocycles. The summed E-state index contributed by atoms with van der Waals surface area (Å²) in [6.07, 6.45) is 2.95. The van der Waals surface area contributed by atoms with Crippen molar-refractivity contribution in [3.8, 4) is 5.88 Å². The van der Waals surface area contributed by atoms with E-state index in [0.29, 0.717) is 5.88 Å². The Labute approximate surface area is 90.3 Å². The van der Waals surface area contributed by atoms with Gasteiger partial charge in [-0.05, 0) is 12.5 Å². The lowest BCUT2D eigenvalue weighted by molar-refractivity contribution is 0.396. The topological polar surface area (TPSA) is 22.1 Å². The highest BCUT2D eigenvalue weighted by molar-refractivity contribution is 6.20. The van der Waals surface area contributed by atoms with Gasteiger partial charge >= 0.3 is 0 Å². The van der Waals surface area contributed by atoms with Crippen LogP contribution in [0.4, 0.5) is 0 Å². The molecule has 1 atom stereocenters. The number of halogens is 1. The minimum absolute atomic E-state index is 0.180. The molecule has 0 saturated carbocycles. The van der Waals surface area contributed by atoms with Gasteiger partial charge in [0.15, 0.2) is 0 Å². The maximum Gasteiger partial charge on any atom is 0.213 e. The molecular formula is C11H16ClNO. The summed E-state index contributed by atoms with van der Waals surface area (Å²) in [5.74, 6) is 0.655. The van der Waals surface area contributed by atoms with Crippen LogP contribution in [-0.4, -0.2) is 17.5 Å². The third-order valence-electron chi connectivity index (χ3n) is 2.02.